The van der Waals surface area contributed by atoms with Crippen LogP contribution in [0.25, 0.3) is 0 Å². The van der Waals surface area contributed by atoms with E-state index in [2.05, 4.69) is 20.6 Å². The predicted molar refractivity (Wildman–Crippen MR) is 75.0 cm³/mol. The first-order chi connectivity index (χ1) is 9.04. The van der Waals surface area contributed by atoms with E-state index < -0.39 is 4.92 Å². The second kappa shape index (κ2) is 7.49. The summed E-state index contributed by atoms with van der Waals surface area (Å²) in [6, 6.07) is 2.85. The molecular formula is C11H20N6O2. The molecule has 0 saturated heterocycles. The summed E-state index contributed by atoms with van der Waals surface area (Å²) in [6.07, 6.45) is 1.93. The van der Waals surface area contributed by atoms with E-state index in [9.17, 15) is 10.1 Å². The van der Waals surface area contributed by atoms with Crippen LogP contribution in [0.3, 0.4) is 0 Å². The zero-order valence-corrected chi connectivity index (χ0v) is 11.2. The average molecular weight is 268 g/mol. The number of hydrogen-bond acceptors (Lipinski definition) is 7. The Morgan fingerprint density at radius 3 is 2.74 bits per heavy atom. The summed E-state index contributed by atoms with van der Waals surface area (Å²) in [5.41, 5.74) is 2.32. The lowest BCUT2D eigenvalue weighted by Crippen LogP contribution is -2.15. The lowest BCUT2D eigenvalue weighted by atomic mass is 10.3. The molecular weight excluding hydrogens is 248 g/mol. The Bertz CT molecular complexity index is 424. The third-order valence-electron chi connectivity index (χ3n) is 2.54. The molecule has 0 radical (unpaired) electrons. The molecule has 0 unspecified atom stereocenters. The van der Waals surface area contributed by atoms with Crippen LogP contribution >= 0.6 is 0 Å². The van der Waals surface area contributed by atoms with Crippen molar-refractivity contribution in [2.75, 3.05) is 37.9 Å². The summed E-state index contributed by atoms with van der Waals surface area (Å²) in [5.74, 6) is 5.87. The Kier molecular flexibility index (Phi) is 5.97. The Labute approximate surface area is 112 Å². The first-order valence-corrected chi connectivity index (χ1v) is 6.05. The highest BCUT2D eigenvalue weighted by molar-refractivity contribution is 5.59. The number of nitrogens with one attached hydrogen (secondary N) is 2. The quantitative estimate of drug-likeness (QED) is 0.279. The van der Waals surface area contributed by atoms with Crippen LogP contribution in [0.15, 0.2) is 12.1 Å². The van der Waals surface area contributed by atoms with Gasteiger partial charge in [-0.05, 0) is 39.5 Å². The molecule has 4 N–H and O–H groups in total. The number of anilines is 2. The van der Waals surface area contributed by atoms with Crippen molar-refractivity contribution >= 4 is 17.3 Å². The van der Waals surface area contributed by atoms with Crippen LogP contribution in [0, 0.1) is 10.1 Å². The van der Waals surface area contributed by atoms with Crippen molar-refractivity contribution in [3.8, 4) is 0 Å². The van der Waals surface area contributed by atoms with Crippen LogP contribution in [0.1, 0.15) is 12.8 Å². The van der Waals surface area contributed by atoms with Gasteiger partial charge in [-0.25, -0.2) is 10.8 Å². The third kappa shape index (κ3) is 5.06. The molecule has 0 atom stereocenters. The maximum Gasteiger partial charge on any atom is 0.311 e. The van der Waals surface area contributed by atoms with Gasteiger partial charge in [0, 0.05) is 12.6 Å². The summed E-state index contributed by atoms with van der Waals surface area (Å²) < 4.78 is 0. The SMILES string of the molecule is CN(C)CCCCNc1nc(NN)ccc1[N+](=O)[O-]. The second-order valence-electron chi connectivity index (χ2n) is 4.40. The van der Waals surface area contributed by atoms with E-state index in [0.29, 0.717) is 12.4 Å². The van der Waals surface area contributed by atoms with Gasteiger partial charge in [-0.1, -0.05) is 0 Å². The van der Waals surface area contributed by atoms with E-state index in [0.717, 1.165) is 19.4 Å². The summed E-state index contributed by atoms with van der Waals surface area (Å²) >= 11 is 0. The van der Waals surface area contributed by atoms with Gasteiger partial charge in [0.05, 0.1) is 4.92 Å². The number of hydrazine groups is 1. The van der Waals surface area contributed by atoms with E-state index in [4.69, 9.17) is 5.84 Å². The smallest absolute Gasteiger partial charge is 0.311 e. The van der Waals surface area contributed by atoms with Gasteiger partial charge >= 0.3 is 5.69 Å². The van der Waals surface area contributed by atoms with Gasteiger partial charge in [0.25, 0.3) is 0 Å². The van der Waals surface area contributed by atoms with Crippen LogP contribution in [0.5, 0.6) is 0 Å². The molecule has 1 rings (SSSR count). The molecule has 1 aromatic heterocycles. The summed E-state index contributed by atoms with van der Waals surface area (Å²) in [6.45, 7) is 1.62. The van der Waals surface area contributed by atoms with Crippen molar-refractivity contribution in [3.05, 3.63) is 22.2 Å². The summed E-state index contributed by atoms with van der Waals surface area (Å²) in [7, 11) is 4.02. The van der Waals surface area contributed by atoms with Crippen molar-refractivity contribution in [1.82, 2.24) is 9.88 Å². The molecule has 8 nitrogen and oxygen atoms in total. The minimum absolute atomic E-state index is 0.0494. The highest BCUT2D eigenvalue weighted by atomic mass is 16.6. The Hall–Kier alpha value is -1.93. The molecule has 19 heavy (non-hydrogen) atoms. The van der Waals surface area contributed by atoms with Gasteiger partial charge in [-0.3, -0.25) is 10.1 Å². The van der Waals surface area contributed by atoms with Crippen LogP contribution in [-0.2, 0) is 0 Å². The lowest BCUT2D eigenvalue weighted by Gasteiger charge is -2.10. The second-order valence-corrected chi connectivity index (χ2v) is 4.40. The number of nitrogens with two attached hydrogens (primary N) is 1. The predicted octanol–water partition coefficient (Wildman–Crippen LogP) is 1.03. The molecule has 0 aliphatic rings. The normalized spacial score (nSPS) is 10.5. The van der Waals surface area contributed by atoms with E-state index in [1.165, 1.54) is 12.1 Å². The first-order valence-electron chi connectivity index (χ1n) is 6.05. The number of nitro groups is 1. The molecule has 106 valence electrons. The van der Waals surface area contributed by atoms with Crippen LogP contribution in [-0.4, -0.2) is 42.0 Å². The fourth-order valence-electron chi connectivity index (χ4n) is 1.57. The fraction of sp³-hybridized carbons (Fsp3) is 0.545. The monoisotopic (exact) mass is 268 g/mol. The van der Waals surface area contributed by atoms with Gasteiger partial charge < -0.3 is 15.6 Å². The number of hydrogen-bond donors (Lipinski definition) is 3. The van der Waals surface area contributed by atoms with Crippen LogP contribution < -0.4 is 16.6 Å². The Morgan fingerprint density at radius 1 is 1.42 bits per heavy atom. The zero-order chi connectivity index (χ0) is 14.3. The van der Waals surface area contributed by atoms with E-state index >= 15 is 0 Å². The Balaban J connectivity index is 2.57. The first kappa shape index (κ1) is 15.1. The topological polar surface area (TPSA) is 109 Å². The van der Waals surface area contributed by atoms with Gasteiger partial charge in [0.1, 0.15) is 5.82 Å². The van der Waals surface area contributed by atoms with Gasteiger partial charge in [0.2, 0.25) is 5.82 Å². The van der Waals surface area contributed by atoms with E-state index in [1.54, 1.807) is 0 Å². The number of rotatable bonds is 8. The van der Waals surface area contributed by atoms with E-state index in [-0.39, 0.29) is 11.5 Å². The number of aromatic nitrogens is 1. The molecule has 0 aromatic carbocycles. The van der Waals surface area contributed by atoms with Crippen LogP contribution in [0.2, 0.25) is 0 Å². The Morgan fingerprint density at radius 2 is 2.16 bits per heavy atom. The van der Waals surface area contributed by atoms with Crippen molar-refractivity contribution in [2.24, 2.45) is 5.84 Å². The lowest BCUT2D eigenvalue weighted by molar-refractivity contribution is -0.384. The minimum Gasteiger partial charge on any atom is -0.364 e. The van der Waals surface area contributed by atoms with E-state index in [1.807, 2.05) is 14.1 Å². The standard InChI is InChI=1S/C11H20N6O2/c1-16(2)8-4-3-7-13-11-9(17(18)19)5-6-10(14-11)15-12/h5-6H,3-4,7-8,12H2,1-2H3,(H2,13,14,15). The highest BCUT2D eigenvalue weighted by Gasteiger charge is 2.15. The maximum atomic E-state index is 10.9. The van der Waals surface area contributed by atoms with Gasteiger partial charge in [-0.15, -0.1) is 0 Å². The van der Waals surface area contributed by atoms with Crippen LogP contribution in [0.4, 0.5) is 17.3 Å². The molecule has 0 spiro atoms. The molecule has 0 bridgehead atoms. The highest BCUT2D eigenvalue weighted by Crippen LogP contribution is 2.23. The minimum atomic E-state index is -0.463. The van der Waals surface area contributed by atoms with Crippen molar-refractivity contribution in [1.29, 1.82) is 0 Å². The van der Waals surface area contributed by atoms with Crippen molar-refractivity contribution < 1.29 is 4.92 Å². The molecule has 1 aromatic rings. The molecule has 0 aliphatic carbocycles. The van der Waals surface area contributed by atoms with Gasteiger partial charge in [0.15, 0.2) is 0 Å². The number of pyridine rings is 1. The molecule has 0 amide bonds. The summed E-state index contributed by atoms with van der Waals surface area (Å²) in [5, 5.41) is 13.8. The fourth-order valence-corrected chi connectivity index (χ4v) is 1.57. The van der Waals surface area contributed by atoms with Crippen molar-refractivity contribution in [3.63, 3.8) is 0 Å². The third-order valence-corrected chi connectivity index (χ3v) is 2.54. The van der Waals surface area contributed by atoms with Gasteiger partial charge in [-0.2, -0.15) is 0 Å². The molecule has 0 aliphatic heterocycles. The zero-order valence-electron chi connectivity index (χ0n) is 11.2. The van der Waals surface area contributed by atoms with Crippen molar-refractivity contribution in [2.45, 2.75) is 12.8 Å². The molecule has 0 saturated carbocycles. The molecule has 1 heterocycles. The number of nitrogen functional groups attached to an aromatic ring is 1. The molecule has 0 fully saturated rings. The maximum absolute atomic E-state index is 10.9. The number of unbranched alkanes of at least 4 members (excludes halogenated alkanes) is 1. The largest absolute Gasteiger partial charge is 0.364 e. The average Bonchev–Trinajstić information content (AvgIpc) is 2.37. The molecule has 8 heteroatoms. The number of nitrogens with zero attached hydrogens (tertiary/aromatic N) is 3. The summed E-state index contributed by atoms with van der Waals surface area (Å²) in [4.78, 5) is 16.5.